The van der Waals surface area contributed by atoms with E-state index >= 15 is 0 Å². The van der Waals surface area contributed by atoms with Gasteiger partial charge in [-0.3, -0.25) is 4.90 Å². The Kier molecular flexibility index (Phi) is 4.40. The minimum Gasteiger partial charge on any atom is -0.290 e. The number of likely N-dealkylation sites (tertiary alicyclic amines) is 1. The van der Waals surface area contributed by atoms with Crippen LogP contribution in [0, 0.1) is 0 Å². The molecule has 0 spiro atoms. The molecule has 0 aromatic heterocycles. The lowest BCUT2D eigenvalue weighted by molar-refractivity contribution is 0.0927. The number of nitrogens with zero attached hydrogens (tertiary/aromatic N) is 1. The van der Waals surface area contributed by atoms with Gasteiger partial charge < -0.3 is 0 Å². The maximum atomic E-state index is 2.71. The maximum absolute atomic E-state index is 2.71. The van der Waals surface area contributed by atoms with E-state index in [9.17, 15) is 0 Å². The van der Waals surface area contributed by atoms with E-state index in [4.69, 9.17) is 0 Å². The van der Waals surface area contributed by atoms with Crippen molar-refractivity contribution in [3.05, 3.63) is 71.8 Å². The van der Waals surface area contributed by atoms with Crippen molar-refractivity contribution in [2.24, 2.45) is 0 Å². The molecule has 2 aromatic carbocycles. The first-order valence-corrected chi connectivity index (χ1v) is 8.24. The van der Waals surface area contributed by atoms with E-state index < -0.39 is 0 Å². The third kappa shape index (κ3) is 2.63. The molecule has 1 saturated heterocycles. The first-order chi connectivity index (χ1) is 10.4. The lowest BCUT2D eigenvalue weighted by Gasteiger charge is -2.46. The Morgan fingerprint density at radius 1 is 0.762 bits per heavy atom. The van der Waals surface area contributed by atoms with Crippen molar-refractivity contribution < 1.29 is 0 Å². The Hall–Kier alpha value is -1.60. The highest BCUT2D eigenvalue weighted by Crippen LogP contribution is 2.40. The molecule has 0 aliphatic carbocycles. The zero-order valence-corrected chi connectivity index (χ0v) is 13.0. The molecule has 1 aliphatic rings. The molecule has 1 heteroatoms. The van der Waals surface area contributed by atoms with E-state index in [1.807, 2.05) is 0 Å². The van der Waals surface area contributed by atoms with Crippen LogP contribution in [0.4, 0.5) is 0 Å². The summed E-state index contributed by atoms with van der Waals surface area (Å²) in [7, 11) is 0. The topological polar surface area (TPSA) is 3.24 Å². The van der Waals surface area contributed by atoms with Gasteiger partial charge in [-0.25, -0.2) is 0 Å². The fourth-order valence-electron chi connectivity index (χ4n) is 3.87. The molecule has 0 bridgehead atoms. The third-order valence-electron chi connectivity index (χ3n) is 4.91. The first kappa shape index (κ1) is 14.3. The van der Waals surface area contributed by atoms with Crippen molar-refractivity contribution in [1.82, 2.24) is 4.90 Å². The van der Waals surface area contributed by atoms with Crippen molar-refractivity contribution in [1.29, 1.82) is 0 Å². The van der Waals surface area contributed by atoms with Crippen molar-refractivity contribution in [3.63, 3.8) is 0 Å². The molecule has 0 N–H and O–H groups in total. The number of hydrogen-bond acceptors (Lipinski definition) is 1. The second-order valence-corrected chi connectivity index (χ2v) is 5.99. The van der Waals surface area contributed by atoms with Crippen LogP contribution in [-0.4, -0.2) is 18.0 Å². The van der Waals surface area contributed by atoms with Crippen molar-refractivity contribution >= 4 is 0 Å². The summed E-state index contributed by atoms with van der Waals surface area (Å²) in [6.07, 6.45) is 5.13. The second-order valence-electron chi connectivity index (χ2n) is 5.99. The van der Waals surface area contributed by atoms with Gasteiger partial charge in [0, 0.05) is 0 Å². The van der Waals surface area contributed by atoms with Gasteiger partial charge in [-0.15, -0.1) is 0 Å². The zero-order chi connectivity index (χ0) is 14.5. The average molecular weight is 279 g/mol. The number of benzene rings is 2. The summed E-state index contributed by atoms with van der Waals surface area (Å²) in [4.78, 5) is 2.71. The Morgan fingerprint density at radius 2 is 1.24 bits per heavy atom. The third-order valence-corrected chi connectivity index (χ3v) is 4.91. The summed E-state index contributed by atoms with van der Waals surface area (Å²) in [6, 6.07) is 22.1. The molecule has 1 heterocycles. The number of piperidine rings is 1. The van der Waals surface area contributed by atoms with Crippen LogP contribution < -0.4 is 0 Å². The minimum atomic E-state index is 0.0307. The van der Waals surface area contributed by atoms with Crippen LogP contribution >= 0.6 is 0 Å². The van der Waals surface area contributed by atoms with Crippen LogP contribution in [0.1, 0.15) is 43.7 Å². The van der Waals surface area contributed by atoms with Gasteiger partial charge in [-0.2, -0.15) is 0 Å². The van der Waals surface area contributed by atoms with E-state index in [1.165, 1.54) is 43.5 Å². The van der Waals surface area contributed by atoms with Crippen LogP contribution in [0.2, 0.25) is 0 Å². The van der Waals surface area contributed by atoms with E-state index in [1.54, 1.807) is 0 Å². The highest BCUT2D eigenvalue weighted by atomic mass is 15.2. The van der Waals surface area contributed by atoms with Gasteiger partial charge in [-0.05, 0) is 43.5 Å². The molecule has 110 valence electrons. The summed E-state index contributed by atoms with van der Waals surface area (Å²) in [5.74, 6) is 0. The van der Waals surface area contributed by atoms with E-state index in [2.05, 4.69) is 72.5 Å². The highest BCUT2D eigenvalue weighted by Gasteiger charge is 2.38. The molecule has 0 radical (unpaired) electrons. The van der Waals surface area contributed by atoms with Gasteiger partial charge >= 0.3 is 0 Å². The predicted octanol–water partition coefficient (Wildman–Crippen LogP) is 4.83. The molecule has 1 fully saturated rings. The van der Waals surface area contributed by atoms with Gasteiger partial charge in [0.2, 0.25) is 0 Å². The molecule has 0 atom stereocenters. The average Bonchev–Trinajstić information content (AvgIpc) is 2.59. The maximum Gasteiger partial charge on any atom is 0.0712 e. The van der Waals surface area contributed by atoms with Crippen LogP contribution in [0.25, 0.3) is 0 Å². The zero-order valence-electron chi connectivity index (χ0n) is 13.0. The Labute approximate surface area is 128 Å². The second kappa shape index (κ2) is 6.44. The molecule has 1 aliphatic heterocycles. The molecule has 0 saturated carbocycles. The molecule has 3 rings (SSSR count). The van der Waals surface area contributed by atoms with Gasteiger partial charge in [0.05, 0.1) is 5.54 Å². The van der Waals surface area contributed by atoms with E-state index in [0.717, 1.165) is 6.42 Å². The quantitative estimate of drug-likeness (QED) is 0.775. The van der Waals surface area contributed by atoms with Crippen molar-refractivity contribution in [2.45, 2.75) is 38.1 Å². The van der Waals surface area contributed by atoms with Crippen molar-refractivity contribution in [2.75, 3.05) is 13.1 Å². The summed E-state index contributed by atoms with van der Waals surface area (Å²) in [5.41, 5.74) is 2.89. The van der Waals surface area contributed by atoms with Gasteiger partial charge in [-0.1, -0.05) is 74.0 Å². The fourth-order valence-corrected chi connectivity index (χ4v) is 3.87. The van der Waals surface area contributed by atoms with Crippen LogP contribution in [0.5, 0.6) is 0 Å². The van der Waals surface area contributed by atoms with Crippen LogP contribution in [0.3, 0.4) is 0 Å². The summed E-state index contributed by atoms with van der Waals surface area (Å²) in [5, 5.41) is 0. The predicted molar refractivity (Wildman–Crippen MR) is 89.4 cm³/mol. The summed E-state index contributed by atoms with van der Waals surface area (Å²) >= 11 is 0. The highest BCUT2D eigenvalue weighted by molar-refractivity contribution is 5.38. The molecule has 21 heavy (non-hydrogen) atoms. The first-order valence-electron chi connectivity index (χ1n) is 8.24. The van der Waals surface area contributed by atoms with Crippen LogP contribution in [0.15, 0.2) is 60.7 Å². The Bertz CT molecular complexity index is 501. The monoisotopic (exact) mass is 279 g/mol. The van der Waals surface area contributed by atoms with E-state index in [0.29, 0.717) is 0 Å². The minimum absolute atomic E-state index is 0.0307. The Balaban J connectivity index is 2.12. The number of hydrogen-bond donors (Lipinski definition) is 0. The Morgan fingerprint density at radius 3 is 1.67 bits per heavy atom. The normalized spacial score (nSPS) is 16.8. The number of rotatable bonds is 4. The molecule has 0 amide bonds. The van der Waals surface area contributed by atoms with E-state index in [-0.39, 0.29) is 5.54 Å². The largest absolute Gasteiger partial charge is 0.290 e. The smallest absolute Gasteiger partial charge is 0.0712 e. The summed E-state index contributed by atoms with van der Waals surface area (Å²) < 4.78 is 0. The molecule has 2 aromatic rings. The lowest BCUT2D eigenvalue weighted by atomic mass is 9.78. The van der Waals surface area contributed by atoms with Gasteiger partial charge in [0.25, 0.3) is 0 Å². The SMILES string of the molecule is CCC(c1ccccc1)(c1ccccc1)N1CCCCC1. The molecule has 1 nitrogen and oxygen atoms in total. The molecular formula is C20H25N. The standard InChI is InChI=1S/C20H25N/c1-2-20(18-12-6-3-7-13-18,19-14-8-4-9-15-19)21-16-10-5-11-17-21/h3-4,6-9,12-15H,2,5,10-11,16-17H2,1H3. The lowest BCUT2D eigenvalue weighted by Crippen LogP contribution is -2.49. The molecular weight excluding hydrogens is 254 g/mol. The molecule has 0 unspecified atom stereocenters. The van der Waals surface area contributed by atoms with Gasteiger partial charge in [0.1, 0.15) is 0 Å². The summed E-state index contributed by atoms with van der Waals surface area (Å²) in [6.45, 7) is 4.74. The van der Waals surface area contributed by atoms with Gasteiger partial charge in [0.15, 0.2) is 0 Å². The van der Waals surface area contributed by atoms with Crippen molar-refractivity contribution in [3.8, 4) is 0 Å². The fraction of sp³-hybridized carbons (Fsp3) is 0.400. The van der Waals surface area contributed by atoms with Crippen LogP contribution in [-0.2, 0) is 5.54 Å².